The van der Waals surface area contributed by atoms with Gasteiger partial charge in [-0.25, -0.2) is 0 Å². The number of carbonyl (C=O) groups is 1. The van der Waals surface area contributed by atoms with E-state index in [4.69, 9.17) is 16.7 Å². The van der Waals surface area contributed by atoms with Gasteiger partial charge in [0.25, 0.3) is 11.6 Å². The van der Waals surface area contributed by atoms with Crippen LogP contribution in [-0.2, 0) is 0 Å². The summed E-state index contributed by atoms with van der Waals surface area (Å²) < 4.78 is 0. The van der Waals surface area contributed by atoms with Crippen LogP contribution >= 0.6 is 11.6 Å². The van der Waals surface area contributed by atoms with Gasteiger partial charge >= 0.3 is 0 Å². The Balaban J connectivity index is 3.00. The Labute approximate surface area is 115 Å². The van der Waals surface area contributed by atoms with Crippen LogP contribution in [0.25, 0.3) is 0 Å². The van der Waals surface area contributed by atoms with Gasteiger partial charge in [-0.15, -0.1) is 0 Å². The van der Waals surface area contributed by atoms with Crippen molar-refractivity contribution < 1.29 is 14.8 Å². The lowest BCUT2D eigenvalue weighted by Crippen LogP contribution is -2.41. The standard InChI is InChI=1S/C12H15ClN2O4/c1-7(2)9(6-16)14-12(17)8-4-3-5-10(11(8)13)15(18)19/h3-5,7,9,16H,6H2,1-2H3,(H,14,17). The van der Waals surface area contributed by atoms with Crippen molar-refractivity contribution in [2.75, 3.05) is 6.61 Å². The second-order valence-corrected chi connectivity index (χ2v) is 4.78. The van der Waals surface area contributed by atoms with Crippen molar-refractivity contribution >= 4 is 23.2 Å². The number of aliphatic hydroxyl groups is 1. The van der Waals surface area contributed by atoms with Crippen LogP contribution in [0.2, 0.25) is 5.02 Å². The predicted octanol–water partition coefficient (Wildman–Crippen LogP) is 1.99. The summed E-state index contributed by atoms with van der Waals surface area (Å²) in [6, 6.07) is 3.59. The van der Waals surface area contributed by atoms with E-state index in [2.05, 4.69) is 5.32 Å². The number of amides is 1. The quantitative estimate of drug-likeness (QED) is 0.639. The van der Waals surface area contributed by atoms with E-state index in [0.29, 0.717) is 0 Å². The van der Waals surface area contributed by atoms with E-state index >= 15 is 0 Å². The zero-order valence-electron chi connectivity index (χ0n) is 10.6. The molecule has 1 unspecified atom stereocenters. The maximum absolute atomic E-state index is 12.0. The lowest BCUT2D eigenvalue weighted by Gasteiger charge is -2.20. The number of rotatable bonds is 5. The Kier molecular flexibility index (Phi) is 5.26. The molecule has 1 amide bonds. The number of aliphatic hydroxyl groups excluding tert-OH is 1. The Bertz CT molecular complexity index is 491. The van der Waals surface area contributed by atoms with Crippen LogP contribution in [0.5, 0.6) is 0 Å². The lowest BCUT2D eigenvalue weighted by molar-refractivity contribution is -0.384. The first-order valence-corrected chi connectivity index (χ1v) is 6.11. The maximum Gasteiger partial charge on any atom is 0.288 e. The molecule has 7 heteroatoms. The summed E-state index contributed by atoms with van der Waals surface area (Å²) in [4.78, 5) is 22.1. The highest BCUT2D eigenvalue weighted by Crippen LogP contribution is 2.27. The molecule has 0 radical (unpaired) electrons. The highest BCUT2D eigenvalue weighted by molar-refractivity contribution is 6.35. The van der Waals surface area contributed by atoms with Crippen molar-refractivity contribution in [3.8, 4) is 0 Å². The zero-order chi connectivity index (χ0) is 14.6. The molecule has 0 aromatic heterocycles. The summed E-state index contributed by atoms with van der Waals surface area (Å²) >= 11 is 5.84. The van der Waals surface area contributed by atoms with Gasteiger partial charge in [-0.05, 0) is 12.0 Å². The lowest BCUT2D eigenvalue weighted by atomic mass is 10.0. The van der Waals surface area contributed by atoms with Crippen LogP contribution in [-0.4, -0.2) is 28.6 Å². The number of nitrogens with zero attached hydrogens (tertiary/aromatic N) is 1. The SMILES string of the molecule is CC(C)C(CO)NC(=O)c1cccc([N+](=O)[O-])c1Cl. The number of carbonyl (C=O) groups excluding carboxylic acids is 1. The molecule has 1 rings (SSSR count). The third-order valence-corrected chi connectivity index (χ3v) is 3.13. The number of nitrogens with one attached hydrogen (secondary N) is 1. The van der Waals surface area contributed by atoms with Crippen LogP contribution < -0.4 is 5.32 Å². The molecule has 0 saturated heterocycles. The molecule has 104 valence electrons. The minimum atomic E-state index is -0.648. The molecule has 1 aromatic carbocycles. The minimum Gasteiger partial charge on any atom is -0.394 e. The van der Waals surface area contributed by atoms with E-state index in [0.717, 1.165) is 0 Å². The fourth-order valence-electron chi connectivity index (χ4n) is 1.51. The molecule has 1 aromatic rings. The zero-order valence-corrected chi connectivity index (χ0v) is 11.3. The Morgan fingerprint density at radius 1 is 1.53 bits per heavy atom. The molecule has 0 fully saturated rings. The van der Waals surface area contributed by atoms with Crippen LogP contribution in [0.3, 0.4) is 0 Å². The summed E-state index contributed by atoms with van der Waals surface area (Å²) in [6.45, 7) is 3.47. The number of benzene rings is 1. The molecule has 0 heterocycles. The first-order chi connectivity index (χ1) is 8.88. The fourth-order valence-corrected chi connectivity index (χ4v) is 1.79. The second-order valence-electron chi connectivity index (χ2n) is 4.40. The van der Waals surface area contributed by atoms with E-state index < -0.39 is 16.9 Å². The molecule has 6 nitrogen and oxygen atoms in total. The van der Waals surface area contributed by atoms with Gasteiger partial charge in [0.05, 0.1) is 23.1 Å². The number of nitro groups is 1. The first kappa shape index (κ1) is 15.4. The fraction of sp³-hybridized carbons (Fsp3) is 0.417. The van der Waals surface area contributed by atoms with Gasteiger partial charge in [0.1, 0.15) is 5.02 Å². The van der Waals surface area contributed by atoms with E-state index in [-0.39, 0.29) is 28.8 Å². The van der Waals surface area contributed by atoms with E-state index in [1.54, 1.807) is 0 Å². The molecule has 2 N–H and O–H groups in total. The van der Waals surface area contributed by atoms with Gasteiger partial charge in [-0.1, -0.05) is 31.5 Å². The normalized spacial score (nSPS) is 12.3. The molecular weight excluding hydrogens is 272 g/mol. The number of nitro benzene ring substituents is 1. The van der Waals surface area contributed by atoms with Gasteiger partial charge in [-0.2, -0.15) is 0 Å². The summed E-state index contributed by atoms with van der Waals surface area (Å²) in [5.41, 5.74) is -0.297. The van der Waals surface area contributed by atoms with Crippen molar-refractivity contribution in [3.05, 3.63) is 38.9 Å². The van der Waals surface area contributed by atoms with E-state index in [9.17, 15) is 14.9 Å². The molecular formula is C12H15ClN2O4. The number of hydrogen-bond donors (Lipinski definition) is 2. The van der Waals surface area contributed by atoms with Crippen molar-refractivity contribution in [2.45, 2.75) is 19.9 Å². The maximum atomic E-state index is 12.0. The summed E-state index contributed by atoms with van der Waals surface area (Å²) in [6.07, 6.45) is 0. The van der Waals surface area contributed by atoms with E-state index in [1.807, 2.05) is 13.8 Å². The topological polar surface area (TPSA) is 92.5 Å². The smallest absolute Gasteiger partial charge is 0.288 e. The summed E-state index contributed by atoms with van der Waals surface area (Å²) in [7, 11) is 0. The van der Waals surface area contributed by atoms with Gasteiger partial charge in [0, 0.05) is 6.07 Å². The predicted molar refractivity (Wildman–Crippen MR) is 71.3 cm³/mol. The number of halogens is 1. The number of hydrogen-bond acceptors (Lipinski definition) is 4. The summed E-state index contributed by atoms with van der Waals surface area (Å²) in [5.74, 6) is -0.507. The van der Waals surface area contributed by atoms with Gasteiger partial charge in [0.15, 0.2) is 0 Å². The van der Waals surface area contributed by atoms with Crippen LogP contribution in [0.4, 0.5) is 5.69 Å². The third kappa shape index (κ3) is 3.65. The average molecular weight is 287 g/mol. The van der Waals surface area contributed by atoms with Crippen LogP contribution in [0.1, 0.15) is 24.2 Å². The average Bonchev–Trinajstić information content (AvgIpc) is 2.35. The molecule has 0 bridgehead atoms. The Morgan fingerprint density at radius 3 is 2.63 bits per heavy atom. The van der Waals surface area contributed by atoms with Gasteiger partial charge < -0.3 is 10.4 Å². The molecule has 0 spiro atoms. The monoisotopic (exact) mass is 286 g/mol. The molecule has 0 aliphatic rings. The minimum absolute atomic E-state index is 0.0231. The van der Waals surface area contributed by atoms with Crippen LogP contribution in [0.15, 0.2) is 18.2 Å². The summed E-state index contributed by atoms with van der Waals surface area (Å²) in [5, 5.41) is 22.3. The van der Waals surface area contributed by atoms with Crippen molar-refractivity contribution in [1.29, 1.82) is 0 Å². The highest BCUT2D eigenvalue weighted by atomic mass is 35.5. The van der Waals surface area contributed by atoms with Crippen molar-refractivity contribution in [1.82, 2.24) is 5.32 Å². The largest absolute Gasteiger partial charge is 0.394 e. The van der Waals surface area contributed by atoms with Crippen molar-refractivity contribution in [2.24, 2.45) is 5.92 Å². The second kappa shape index (κ2) is 6.49. The van der Waals surface area contributed by atoms with Crippen LogP contribution in [0, 0.1) is 16.0 Å². The third-order valence-electron chi connectivity index (χ3n) is 2.74. The van der Waals surface area contributed by atoms with Gasteiger partial charge in [-0.3, -0.25) is 14.9 Å². The first-order valence-electron chi connectivity index (χ1n) is 5.73. The molecule has 0 aliphatic heterocycles. The molecule has 0 aliphatic carbocycles. The molecule has 19 heavy (non-hydrogen) atoms. The Morgan fingerprint density at radius 2 is 2.16 bits per heavy atom. The molecule has 0 saturated carbocycles. The molecule has 1 atom stereocenters. The van der Waals surface area contributed by atoms with Gasteiger partial charge in [0.2, 0.25) is 0 Å². The highest BCUT2D eigenvalue weighted by Gasteiger charge is 2.22. The Hall–Kier alpha value is -1.66. The van der Waals surface area contributed by atoms with Crippen molar-refractivity contribution in [3.63, 3.8) is 0 Å². The van der Waals surface area contributed by atoms with E-state index in [1.165, 1.54) is 18.2 Å².